The smallest absolute Gasteiger partial charge is 0.124 e. The van der Waals surface area contributed by atoms with Crippen LogP contribution in [0.1, 0.15) is 25.3 Å². The fraction of sp³-hybridized carbons (Fsp3) is 0.350. The van der Waals surface area contributed by atoms with E-state index in [1.165, 1.54) is 18.4 Å². The first-order valence-electron chi connectivity index (χ1n) is 8.64. The summed E-state index contributed by atoms with van der Waals surface area (Å²) in [6.45, 7) is 3.87. The minimum atomic E-state index is 0.655. The molecule has 0 aliphatic carbocycles. The predicted molar refractivity (Wildman–Crippen MR) is 102 cm³/mol. The molecule has 5 nitrogen and oxygen atoms in total. The standard InChI is InChI=1S/C20H25N3O2/c1-4-5-10-23-14-22-18-12-16(6-8-19(18)23)21-13-15-11-17(24-2)7-9-20(15)25-3/h6-9,11-12,14,21H,4-5,10,13H2,1-3H3. The number of imidazole rings is 1. The van der Waals surface area contributed by atoms with Crippen LogP contribution in [0.4, 0.5) is 5.69 Å². The Hall–Kier alpha value is -2.69. The number of unbranched alkanes of at least 4 members (excludes halogenated alkanes) is 1. The molecule has 0 atom stereocenters. The monoisotopic (exact) mass is 339 g/mol. The second-order valence-electron chi connectivity index (χ2n) is 6.03. The first-order valence-corrected chi connectivity index (χ1v) is 8.64. The molecule has 0 spiro atoms. The summed E-state index contributed by atoms with van der Waals surface area (Å²) in [6, 6.07) is 12.1. The van der Waals surface area contributed by atoms with Gasteiger partial charge in [0.25, 0.3) is 0 Å². The number of aromatic nitrogens is 2. The summed E-state index contributed by atoms with van der Waals surface area (Å²) in [4.78, 5) is 4.53. The van der Waals surface area contributed by atoms with Crippen LogP contribution < -0.4 is 14.8 Å². The van der Waals surface area contributed by atoms with Crippen LogP contribution in [0.2, 0.25) is 0 Å². The van der Waals surface area contributed by atoms with Crippen molar-refractivity contribution in [3.8, 4) is 11.5 Å². The average molecular weight is 339 g/mol. The molecule has 0 saturated carbocycles. The highest BCUT2D eigenvalue weighted by molar-refractivity contribution is 5.79. The molecule has 0 unspecified atom stereocenters. The highest BCUT2D eigenvalue weighted by Gasteiger charge is 2.07. The Morgan fingerprint density at radius 3 is 2.72 bits per heavy atom. The van der Waals surface area contributed by atoms with Gasteiger partial charge in [-0.25, -0.2) is 4.98 Å². The molecule has 5 heteroatoms. The second kappa shape index (κ2) is 7.92. The van der Waals surface area contributed by atoms with Crippen molar-refractivity contribution in [3.63, 3.8) is 0 Å². The lowest BCUT2D eigenvalue weighted by Crippen LogP contribution is -2.02. The number of methoxy groups -OCH3 is 2. The van der Waals surface area contributed by atoms with Gasteiger partial charge < -0.3 is 19.4 Å². The number of benzene rings is 2. The molecule has 1 aromatic heterocycles. The van der Waals surface area contributed by atoms with E-state index in [2.05, 4.69) is 40.0 Å². The van der Waals surface area contributed by atoms with Gasteiger partial charge >= 0.3 is 0 Å². The number of nitrogens with one attached hydrogen (secondary N) is 1. The zero-order valence-corrected chi connectivity index (χ0v) is 15.1. The molecule has 0 aliphatic heterocycles. The molecule has 0 radical (unpaired) electrons. The van der Waals surface area contributed by atoms with E-state index >= 15 is 0 Å². The summed E-state index contributed by atoms with van der Waals surface area (Å²) in [7, 11) is 3.35. The van der Waals surface area contributed by atoms with E-state index in [1.807, 2.05) is 24.5 Å². The minimum Gasteiger partial charge on any atom is -0.497 e. The van der Waals surface area contributed by atoms with Crippen molar-refractivity contribution in [2.45, 2.75) is 32.9 Å². The topological polar surface area (TPSA) is 48.3 Å². The van der Waals surface area contributed by atoms with E-state index in [9.17, 15) is 0 Å². The Balaban J connectivity index is 1.75. The van der Waals surface area contributed by atoms with Crippen molar-refractivity contribution in [2.24, 2.45) is 0 Å². The SMILES string of the molecule is CCCCn1cnc2cc(NCc3cc(OC)ccc3OC)ccc21. The maximum Gasteiger partial charge on any atom is 0.124 e. The van der Waals surface area contributed by atoms with Gasteiger partial charge in [0, 0.05) is 24.3 Å². The third-order valence-corrected chi connectivity index (χ3v) is 4.34. The number of anilines is 1. The first-order chi connectivity index (χ1) is 12.2. The fourth-order valence-corrected chi connectivity index (χ4v) is 2.90. The molecule has 25 heavy (non-hydrogen) atoms. The summed E-state index contributed by atoms with van der Waals surface area (Å²) in [6.07, 6.45) is 4.28. The highest BCUT2D eigenvalue weighted by atomic mass is 16.5. The molecular weight excluding hydrogens is 314 g/mol. The number of nitrogens with zero attached hydrogens (tertiary/aromatic N) is 2. The normalized spacial score (nSPS) is 10.8. The Morgan fingerprint density at radius 1 is 1.08 bits per heavy atom. The number of hydrogen-bond acceptors (Lipinski definition) is 4. The van der Waals surface area contributed by atoms with Gasteiger partial charge in [-0.3, -0.25) is 0 Å². The van der Waals surface area contributed by atoms with Crippen LogP contribution in [-0.2, 0) is 13.1 Å². The van der Waals surface area contributed by atoms with Crippen LogP contribution in [0, 0.1) is 0 Å². The van der Waals surface area contributed by atoms with Gasteiger partial charge in [-0.15, -0.1) is 0 Å². The van der Waals surface area contributed by atoms with Gasteiger partial charge in [-0.1, -0.05) is 13.3 Å². The lowest BCUT2D eigenvalue weighted by atomic mass is 10.1. The minimum absolute atomic E-state index is 0.655. The van der Waals surface area contributed by atoms with E-state index in [-0.39, 0.29) is 0 Å². The van der Waals surface area contributed by atoms with Crippen molar-refractivity contribution in [2.75, 3.05) is 19.5 Å². The van der Waals surface area contributed by atoms with Gasteiger partial charge in [0.1, 0.15) is 11.5 Å². The molecule has 0 aliphatic rings. The van der Waals surface area contributed by atoms with Crippen LogP contribution in [0.5, 0.6) is 11.5 Å². The Kier molecular flexibility index (Phi) is 5.43. The van der Waals surface area contributed by atoms with Crippen molar-refractivity contribution >= 4 is 16.7 Å². The van der Waals surface area contributed by atoms with Crippen LogP contribution in [0.3, 0.4) is 0 Å². The van der Waals surface area contributed by atoms with Crippen molar-refractivity contribution in [1.82, 2.24) is 9.55 Å². The molecule has 0 saturated heterocycles. The van der Waals surface area contributed by atoms with Crippen molar-refractivity contribution in [1.29, 1.82) is 0 Å². The fourth-order valence-electron chi connectivity index (χ4n) is 2.90. The maximum absolute atomic E-state index is 5.43. The lowest BCUT2D eigenvalue weighted by Gasteiger charge is -2.12. The van der Waals surface area contributed by atoms with E-state index in [4.69, 9.17) is 9.47 Å². The quantitative estimate of drug-likeness (QED) is 0.658. The molecule has 1 N–H and O–H groups in total. The number of rotatable bonds is 8. The van der Waals surface area contributed by atoms with Crippen molar-refractivity contribution < 1.29 is 9.47 Å². The molecule has 0 amide bonds. The second-order valence-corrected chi connectivity index (χ2v) is 6.03. The Morgan fingerprint density at radius 2 is 1.96 bits per heavy atom. The highest BCUT2D eigenvalue weighted by Crippen LogP contribution is 2.25. The summed E-state index contributed by atoms with van der Waals surface area (Å²) in [5.74, 6) is 1.67. The van der Waals surface area contributed by atoms with Gasteiger partial charge in [-0.05, 0) is 42.8 Å². The predicted octanol–water partition coefficient (Wildman–Crippen LogP) is 4.47. The lowest BCUT2D eigenvalue weighted by molar-refractivity contribution is 0.399. The molecule has 2 aromatic carbocycles. The van der Waals surface area contributed by atoms with Gasteiger partial charge in [0.2, 0.25) is 0 Å². The molecule has 0 bridgehead atoms. The van der Waals surface area contributed by atoms with Gasteiger partial charge in [0.05, 0.1) is 31.6 Å². The largest absolute Gasteiger partial charge is 0.497 e. The first kappa shape index (κ1) is 17.1. The van der Waals surface area contributed by atoms with E-state index in [1.54, 1.807) is 14.2 Å². The number of ether oxygens (including phenoxy) is 2. The molecule has 132 valence electrons. The molecule has 3 aromatic rings. The van der Waals surface area contributed by atoms with Crippen molar-refractivity contribution in [3.05, 3.63) is 48.3 Å². The zero-order valence-electron chi connectivity index (χ0n) is 15.1. The van der Waals surface area contributed by atoms with Gasteiger partial charge in [-0.2, -0.15) is 0 Å². The van der Waals surface area contributed by atoms with Crippen LogP contribution in [-0.4, -0.2) is 23.8 Å². The molecule has 3 rings (SSSR count). The van der Waals surface area contributed by atoms with E-state index in [0.717, 1.165) is 34.8 Å². The van der Waals surface area contributed by atoms with Crippen LogP contribution in [0.15, 0.2) is 42.7 Å². The van der Waals surface area contributed by atoms with Crippen LogP contribution in [0.25, 0.3) is 11.0 Å². The number of aryl methyl sites for hydroxylation is 1. The summed E-state index contributed by atoms with van der Waals surface area (Å²) in [5.41, 5.74) is 4.28. The molecular formula is C20H25N3O2. The summed E-state index contributed by atoms with van der Waals surface area (Å²) >= 11 is 0. The number of hydrogen-bond donors (Lipinski definition) is 1. The molecule has 1 heterocycles. The maximum atomic E-state index is 5.43. The average Bonchev–Trinajstić information content (AvgIpc) is 3.06. The third kappa shape index (κ3) is 3.87. The Bertz CT molecular complexity index is 842. The van der Waals surface area contributed by atoms with E-state index in [0.29, 0.717) is 6.54 Å². The van der Waals surface area contributed by atoms with Gasteiger partial charge in [0.15, 0.2) is 0 Å². The van der Waals surface area contributed by atoms with Crippen LogP contribution >= 0.6 is 0 Å². The zero-order chi connectivity index (χ0) is 17.6. The summed E-state index contributed by atoms with van der Waals surface area (Å²) in [5, 5.41) is 3.45. The van der Waals surface area contributed by atoms with E-state index < -0.39 is 0 Å². The Labute approximate surface area is 148 Å². The summed E-state index contributed by atoms with van der Waals surface area (Å²) < 4.78 is 13.0. The third-order valence-electron chi connectivity index (χ3n) is 4.34. The molecule has 0 fully saturated rings. The number of fused-ring (bicyclic) bond motifs is 1.